The molecule has 2 heterocycles. The van der Waals surface area contributed by atoms with Crippen molar-refractivity contribution >= 4 is 29.7 Å². The second-order valence-electron chi connectivity index (χ2n) is 7.33. The first kappa shape index (κ1) is 19.7. The van der Waals surface area contributed by atoms with Crippen LogP contribution >= 0.6 is 11.8 Å². The van der Waals surface area contributed by atoms with E-state index in [2.05, 4.69) is 0 Å². The van der Waals surface area contributed by atoms with Crippen LogP contribution in [0.15, 0.2) is 60.7 Å². The van der Waals surface area contributed by atoms with E-state index in [1.807, 2.05) is 53.1 Å². The van der Waals surface area contributed by atoms with Crippen molar-refractivity contribution in [3.8, 4) is 0 Å². The van der Waals surface area contributed by atoms with Gasteiger partial charge in [-0.25, -0.2) is 4.39 Å². The van der Waals surface area contributed by atoms with Gasteiger partial charge in [0.1, 0.15) is 5.82 Å². The molecule has 4 rings (SSSR count). The Labute approximate surface area is 174 Å². The average Bonchev–Trinajstić information content (AvgIpc) is 3.16. The summed E-state index contributed by atoms with van der Waals surface area (Å²) in [7, 11) is 0. The fourth-order valence-corrected chi connectivity index (χ4v) is 5.48. The van der Waals surface area contributed by atoms with Gasteiger partial charge >= 0.3 is 0 Å². The maximum atomic E-state index is 13.4. The first-order valence-corrected chi connectivity index (χ1v) is 10.8. The summed E-state index contributed by atoms with van der Waals surface area (Å²) >= 11 is 1.81. The van der Waals surface area contributed by atoms with E-state index in [-0.39, 0.29) is 16.7 Å². The minimum Gasteiger partial charge on any atom is -0.338 e. The van der Waals surface area contributed by atoms with Crippen LogP contribution in [-0.4, -0.2) is 51.9 Å². The molecule has 0 aliphatic carbocycles. The first-order valence-electron chi connectivity index (χ1n) is 9.81. The number of thioether (sulfide) groups is 1. The van der Waals surface area contributed by atoms with Gasteiger partial charge < -0.3 is 9.80 Å². The number of piperidine rings is 1. The molecule has 150 valence electrons. The second kappa shape index (κ2) is 8.41. The van der Waals surface area contributed by atoms with E-state index in [1.165, 1.54) is 12.1 Å². The highest BCUT2D eigenvalue weighted by Crippen LogP contribution is 2.44. The van der Waals surface area contributed by atoms with Gasteiger partial charge in [0.05, 0.1) is 4.87 Å². The third-order valence-electron chi connectivity index (χ3n) is 5.57. The van der Waals surface area contributed by atoms with Crippen LogP contribution in [-0.2, 0) is 4.79 Å². The van der Waals surface area contributed by atoms with Gasteiger partial charge in [-0.15, -0.1) is 11.8 Å². The predicted octanol–water partition coefficient (Wildman–Crippen LogP) is 4.05. The molecule has 2 aromatic carbocycles. The number of hydrogen-bond acceptors (Lipinski definition) is 3. The van der Waals surface area contributed by atoms with Crippen LogP contribution in [0.3, 0.4) is 0 Å². The normalized spacial score (nSPS) is 18.5. The molecule has 2 amide bonds. The molecule has 29 heavy (non-hydrogen) atoms. The lowest BCUT2D eigenvalue weighted by molar-refractivity contribution is -0.129. The van der Waals surface area contributed by atoms with Crippen LogP contribution < -0.4 is 0 Å². The number of halogens is 1. The SMILES string of the molecule is O=C(c1cccc(F)c1)N1CCC2(CC1)SCCN2C(=O)C=Cc1ccccc1. The van der Waals surface area contributed by atoms with Crippen LogP contribution in [0.4, 0.5) is 4.39 Å². The molecule has 0 atom stereocenters. The summed E-state index contributed by atoms with van der Waals surface area (Å²) in [5.41, 5.74) is 1.37. The lowest BCUT2D eigenvalue weighted by Gasteiger charge is -2.43. The van der Waals surface area contributed by atoms with E-state index in [4.69, 9.17) is 0 Å². The molecule has 0 saturated carbocycles. The van der Waals surface area contributed by atoms with Gasteiger partial charge in [-0.1, -0.05) is 36.4 Å². The minimum atomic E-state index is -0.405. The zero-order chi connectivity index (χ0) is 20.3. The average molecular weight is 411 g/mol. The van der Waals surface area contributed by atoms with Gasteiger partial charge in [0, 0.05) is 37.0 Å². The zero-order valence-corrected chi connectivity index (χ0v) is 16.9. The van der Waals surface area contributed by atoms with Gasteiger partial charge in [0.2, 0.25) is 5.91 Å². The third kappa shape index (κ3) is 4.22. The molecule has 2 aromatic rings. The van der Waals surface area contributed by atoms with E-state index >= 15 is 0 Å². The van der Waals surface area contributed by atoms with Crippen molar-refractivity contribution in [2.24, 2.45) is 0 Å². The summed E-state index contributed by atoms with van der Waals surface area (Å²) in [6.07, 6.45) is 4.95. The molecular weight excluding hydrogens is 387 g/mol. The number of carbonyl (C=O) groups is 2. The Morgan fingerprint density at radius 2 is 1.76 bits per heavy atom. The monoisotopic (exact) mass is 410 g/mol. The van der Waals surface area contributed by atoms with E-state index in [9.17, 15) is 14.0 Å². The van der Waals surface area contributed by atoms with Gasteiger partial charge in [-0.3, -0.25) is 9.59 Å². The lowest BCUT2D eigenvalue weighted by Crippen LogP contribution is -2.53. The molecule has 0 unspecified atom stereocenters. The largest absolute Gasteiger partial charge is 0.338 e. The third-order valence-corrected chi connectivity index (χ3v) is 7.12. The van der Waals surface area contributed by atoms with Crippen molar-refractivity contribution in [3.05, 3.63) is 77.6 Å². The zero-order valence-electron chi connectivity index (χ0n) is 16.1. The Bertz CT molecular complexity index is 923. The van der Waals surface area contributed by atoms with Crippen molar-refractivity contribution < 1.29 is 14.0 Å². The van der Waals surface area contributed by atoms with Crippen LogP contribution in [0.25, 0.3) is 6.08 Å². The van der Waals surface area contributed by atoms with Crippen molar-refractivity contribution in [2.75, 3.05) is 25.4 Å². The Balaban J connectivity index is 1.42. The summed E-state index contributed by atoms with van der Waals surface area (Å²) in [5.74, 6) is 0.369. The van der Waals surface area contributed by atoms with Crippen molar-refractivity contribution in [1.29, 1.82) is 0 Å². The smallest absolute Gasteiger partial charge is 0.253 e. The summed E-state index contributed by atoms with van der Waals surface area (Å²) in [4.78, 5) is 29.0. The number of likely N-dealkylation sites (tertiary alicyclic amines) is 1. The van der Waals surface area contributed by atoms with Gasteiger partial charge in [-0.2, -0.15) is 0 Å². The lowest BCUT2D eigenvalue weighted by atomic mass is 10.0. The molecule has 0 N–H and O–H groups in total. The number of amides is 2. The molecule has 2 fully saturated rings. The number of hydrogen-bond donors (Lipinski definition) is 0. The first-order chi connectivity index (χ1) is 14.1. The number of carbonyl (C=O) groups excluding carboxylic acids is 2. The van der Waals surface area contributed by atoms with Crippen molar-refractivity contribution in [3.63, 3.8) is 0 Å². The predicted molar refractivity (Wildman–Crippen MR) is 114 cm³/mol. The number of benzene rings is 2. The van der Waals surface area contributed by atoms with E-state index < -0.39 is 5.82 Å². The van der Waals surface area contributed by atoms with Gasteiger partial charge in [-0.05, 0) is 42.7 Å². The van der Waals surface area contributed by atoms with Gasteiger partial charge in [0.25, 0.3) is 5.91 Å². The second-order valence-corrected chi connectivity index (χ2v) is 8.79. The fraction of sp³-hybridized carbons (Fsp3) is 0.304. The van der Waals surface area contributed by atoms with Crippen molar-refractivity contribution in [2.45, 2.75) is 17.7 Å². The Morgan fingerprint density at radius 3 is 2.48 bits per heavy atom. The molecule has 2 saturated heterocycles. The molecule has 2 aliphatic heterocycles. The van der Waals surface area contributed by atoms with E-state index in [0.29, 0.717) is 18.7 Å². The highest BCUT2D eigenvalue weighted by Gasteiger charge is 2.46. The standard InChI is InChI=1S/C23H23FN2O2S/c24-20-8-4-7-19(17-20)22(28)25-13-11-23(12-14-25)26(15-16-29-23)21(27)10-9-18-5-2-1-3-6-18/h1-10,17H,11-16H2. The van der Waals surface area contributed by atoms with Gasteiger partial charge in [0.15, 0.2) is 0 Å². The Morgan fingerprint density at radius 1 is 1.00 bits per heavy atom. The molecule has 0 aromatic heterocycles. The molecule has 0 radical (unpaired) electrons. The molecule has 2 aliphatic rings. The molecule has 4 nitrogen and oxygen atoms in total. The summed E-state index contributed by atoms with van der Waals surface area (Å²) in [6.45, 7) is 1.85. The molecular formula is C23H23FN2O2S. The summed E-state index contributed by atoms with van der Waals surface area (Å²) in [6, 6.07) is 15.6. The van der Waals surface area contributed by atoms with Crippen LogP contribution in [0, 0.1) is 5.82 Å². The van der Waals surface area contributed by atoms with Crippen LogP contribution in [0.5, 0.6) is 0 Å². The van der Waals surface area contributed by atoms with E-state index in [1.54, 1.807) is 23.1 Å². The van der Waals surface area contributed by atoms with Crippen LogP contribution in [0.2, 0.25) is 0 Å². The number of nitrogens with zero attached hydrogens (tertiary/aromatic N) is 2. The van der Waals surface area contributed by atoms with E-state index in [0.717, 1.165) is 30.7 Å². The maximum Gasteiger partial charge on any atom is 0.253 e. The Hall–Kier alpha value is -2.60. The molecule has 6 heteroatoms. The summed E-state index contributed by atoms with van der Waals surface area (Å²) in [5, 5.41) is 0. The van der Waals surface area contributed by atoms with Crippen LogP contribution in [0.1, 0.15) is 28.8 Å². The highest BCUT2D eigenvalue weighted by molar-refractivity contribution is 8.00. The maximum absolute atomic E-state index is 13.4. The molecule has 0 bridgehead atoms. The van der Waals surface area contributed by atoms with Crippen molar-refractivity contribution in [1.82, 2.24) is 9.80 Å². The summed E-state index contributed by atoms with van der Waals surface area (Å²) < 4.78 is 13.4. The Kier molecular flexibility index (Phi) is 5.72. The highest BCUT2D eigenvalue weighted by atomic mass is 32.2. The molecule has 1 spiro atoms. The number of rotatable bonds is 3. The topological polar surface area (TPSA) is 40.6 Å². The minimum absolute atomic E-state index is 0.0174. The fourth-order valence-electron chi connectivity index (χ4n) is 4.02. The quantitative estimate of drug-likeness (QED) is 0.717.